The first-order valence-electron chi connectivity index (χ1n) is 4.82. The summed E-state index contributed by atoms with van der Waals surface area (Å²) in [5, 5.41) is 8.83. The molecule has 0 heterocycles. The first kappa shape index (κ1) is 12.0. The molecule has 0 aliphatic rings. The van der Waals surface area contributed by atoms with Crippen molar-refractivity contribution in [2.45, 2.75) is 13.3 Å². The maximum absolute atomic E-state index is 11.0. The number of nitrogens with two attached hydrogens (primary N) is 1. The van der Waals surface area contributed by atoms with Crippen molar-refractivity contribution >= 4 is 17.4 Å². The van der Waals surface area contributed by atoms with Crippen molar-refractivity contribution in [3.05, 3.63) is 41.5 Å². The smallest absolute Gasteiger partial charge is 0.335 e. The summed E-state index contributed by atoms with van der Waals surface area (Å²) in [6.07, 6.45) is 0.614. The number of amides is 1. The fraction of sp³-hybridized carbons (Fsp3) is 0.167. The Morgan fingerprint density at radius 1 is 1.44 bits per heavy atom. The van der Waals surface area contributed by atoms with E-state index in [0.717, 1.165) is 5.56 Å². The van der Waals surface area contributed by atoms with E-state index in [9.17, 15) is 9.59 Å². The highest BCUT2D eigenvalue weighted by Gasteiger charge is 2.12. The van der Waals surface area contributed by atoms with Gasteiger partial charge in [0.05, 0.1) is 5.56 Å². The average Bonchev–Trinajstić information content (AvgIpc) is 2.26. The molecule has 0 radical (unpaired) electrons. The van der Waals surface area contributed by atoms with Gasteiger partial charge < -0.3 is 10.8 Å². The summed E-state index contributed by atoms with van der Waals surface area (Å²) >= 11 is 0. The van der Waals surface area contributed by atoms with Gasteiger partial charge in [0.15, 0.2) is 0 Å². The van der Waals surface area contributed by atoms with Crippen molar-refractivity contribution in [1.29, 1.82) is 0 Å². The van der Waals surface area contributed by atoms with E-state index in [1.165, 1.54) is 12.1 Å². The number of hydrogen-bond acceptors (Lipinski definition) is 2. The molecule has 0 bridgehead atoms. The summed E-state index contributed by atoms with van der Waals surface area (Å²) in [6.45, 7) is 5.46. The minimum atomic E-state index is -0.995. The van der Waals surface area contributed by atoms with Crippen LogP contribution in [0.4, 0.5) is 0 Å². The van der Waals surface area contributed by atoms with Crippen LogP contribution in [0.25, 0.3) is 5.57 Å². The van der Waals surface area contributed by atoms with Crippen LogP contribution in [-0.2, 0) is 11.2 Å². The summed E-state index contributed by atoms with van der Waals surface area (Å²) in [6, 6.07) is 4.53. The molecule has 0 aliphatic heterocycles. The number of benzene rings is 1. The molecule has 4 nitrogen and oxygen atoms in total. The fourth-order valence-electron chi connectivity index (χ4n) is 1.45. The van der Waals surface area contributed by atoms with E-state index in [2.05, 4.69) is 6.58 Å². The van der Waals surface area contributed by atoms with Crippen LogP contribution in [0, 0.1) is 0 Å². The molecule has 0 fully saturated rings. The van der Waals surface area contributed by atoms with Gasteiger partial charge in [0.1, 0.15) is 0 Å². The molecule has 0 saturated heterocycles. The van der Waals surface area contributed by atoms with Crippen LogP contribution >= 0.6 is 0 Å². The largest absolute Gasteiger partial charge is 0.478 e. The Bertz CT molecular complexity index is 463. The Morgan fingerprint density at radius 2 is 2.06 bits per heavy atom. The zero-order chi connectivity index (χ0) is 12.3. The topological polar surface area (TPSA) is 80.4 Å². The number of aryl methyl sites for hydroxylation is 1. The van der Waals surface area contributed by atoms with Crippen molar-refractivity contribution in [3.63, 3.8) is 0 Å². The van der Waals surface area contributed by atoms with Crippen molar-refractivity contribution in [2.75, 3.05) is 0 Å². The van der Waals surface area contributed by atoms with Crippen LogP contribution in [0.1, 0.15) is 28.4 Å². The van der Waals surface area contributed by atoms with Crippen molar-refractivity contribution in [3.8, 4) is 0 Å². The molecule has 0 unspecified atom stereocenters. The third kappa shape index (κ3) is 2.28. The van der Waals surface area contributed by atoms with Crippen LogP contribution in [0.2, 0.25) is 0 Å². The number of hydrogen-bond donors (Lipinski definition) is 2. The molecule has 1 rings (SSSR count). The summed E-state index contributed by atoms with van der Waals surface area (Å²) in [5.74, 6) is -1.59. The fourth-order valence-corrected chi connectivity index (χ4v) is 1.45. The first-order chi connectivity index (χ1) is 7.47. The molecule has 16 heavy (non-hydrogen) atoms. The lowest BCUT2D eigenvalue weighted by Gasteiger charge is -2.09. The van der Waals surface area contributed by atoms with Gasteiger partial charge in [-0.25, -0.2) is 4.79 Å². The predicted octanol–water partition coefficient (Wildman–Crippen LogP) is 1.45. The lowest BCUT2D eigenvalue weighted by molar-refractivity contribution is -0.112. The molecule has 0 atom stereocenters. The quantitative estimate of drug-likeness (QED) is 0.752. The van der Waals surface area contributed by atoms with E-state index in [0.29, 0.717) is 12.0 Å². The molecule has 1 aromatic carbocycles. The van der Waals surface area contributed by atoms with Gasteiger partial charge in [0.25, 0.3) is 0 Å². The Hall–Kier alpha value is -2.10. The lowest BCUT2D eigenvalue weighted by Crippen LogP contribution is -2.13. The standard InChI is InChI=1S/C12H13NO3/c1-3-8-6-9(12(15)16)4-5-10(8)7(2)11(13)14/h4-6H,2-3H2,1H3,(H2,13,14)(H,15,16). The Morgan fingerprint density at radius 3 is 2.50 bits per heavy atom. The van der Waals surface area contributed by atoms with Crippen molar-refractivity contribution in [2.24, 2.45) is 5.73 Å². The number of carbonyl (C=O) groups is 2. The van der Waals surface area contributed by atoms with Crippen LogP contribution in [0.5, 0.6) is 0 Å². The monoisotopic (exact) mass is 219 g/mol. The SMILES string of the molecule is C=C(C(N)=O)c1ccc(C(=O)O)cc1CC. The number of rotatable bonds is 4. The van der Waals surface area contributed by atoms with Gasteiger partial charge >= 0.3 is 5.97 Å². The predicted molar refractivity (Wildman–Crippen MR) is 61.0 cm³/mol. The molecule has 0 spiro atoms. The Kier molecular flexibility index (Phi) is 3.45. The lowest BCUT2D eigenvalue weighted by atomic mass is 9.96. The minimum absolute atomic E-state index is 0.192. The van der Waals surface area contributed by atoms with Gasteiger partial charge in [-0.3, -0.25) is 4.79 Å². The van der Waals surface area contributed by atoms with Crippen molar-refractivity contribution in [1.82, 2.24) is 0 Å². The summed E-state index contributed by atoms with van der Waals surface area (Å²) < 4.78 is 0. The van der Waals surface area contributed by atoms with E-state index in [4.69, 9.17) is 10.8 Å². The second-order valence-electron chi connectivity index (χ2n) is 3.37. The number of carboxylic acid groups (broad SMARTS) is 1. The normalized spacial score (nSPS) is 9.81. The summed E-state index contributed by atoms with van der Waals surface area (Å²) in [5.41, 5.74) is 6.89. The molecule has 4 heteroatoms. The van der Waals surface area contributed by atoms with Gasteiger partial charge in [-0.05, 0) is 29.7 Å². The molecule has 1 aromatic rings. The molecule has 0 aliphatic carbocycles. The average molecular weight is 219 g/mol. The molecular formula is C12H13NO3. The molecule has 3 N–H and O–H groups in total. The highest BCUT2D eigenvalue weighted by atomic mass is 16.4. The number of carbonyl (C=O) groups excluding carboxylic acids is 1. The van der Waals surface area contributed by atoms with Crippen molar-refractivity contribution < 1.29 is 14.7 Å². The molecule has 84 valence electrons. The van der Waals surface area contributed by atoms with Gasteiger partial charge in [-0.15, -0.1) is 0 Å². The van der Waals surface area contributed by atoms with Gasteiger partial charge in [-0.2, -0.15) is 0 Å². The Balaban J connectivity index is 3.27. The minimum Gasteiger partial charge on any atom is -0.478 e. The summed E-state index contributed by atoms with van der Waals surface area (Å²) in [7, 11) is 0. The van der Waals surface area contributed by atoms with Crippen LogP contribution in [0.15, 0.2) is 24.8 Å². The highest BCUT2D eigenvalue weighted by Crippen LogP contribution is 2.20. The maximum Gasteiger partial charge on any atom is 0.335 e. The van der Waals surface area contributed by atoms with Crippen LogP contribution in [0.3, 0.4) is 0 Å². The zero-order valence-electron chi connectivity index (χ0n) is 8.99. The number of primary amides is 1. The van der Waals surface area contributed by atoms with Gasteiger partial charge in [0.2, 0.25) is 5.91 Å². The molecule has 0 saturated carbocycles. The third-order valence-corrected chi connectivity index (χ3v) is 2.36. The van der Waals surface area contributed by atoms with Crippen LogP contribution < -0.4 is 5.73 Å². The molecular weight excluding hydrogens is 206 g/mol. The molecule has 1 amide bonds. The maximum atomic E-state index is 11.0. The second-order valence-corrected chi connectivity index (χ2v) is 3.37. The highest BCUT2D eigenvalue weighted by molar-refractivity contribution is 6.18. The van der Waals surface area contributed by atoms with Gasteiger partial charge in [-0.1, -0.05) is 19.6 Å². The van der Waals surface area contributed by atoms with Crippen LogP contribution in [-0.4, -0.2) is 17.0 Å². The third-order valence-electron chi connectivity index (χ3n) is 2.36. The zero-order valence-corrected chi connectivity index (χ0v) is 8.99. The van der Waals surface area contributed by atoms with E-state index >= 15 is 0 Å². The Labute approximate surface area is 93.4 Å². The van der Waals surface area contributed by atoms with E-state index < -0.39 is 11.9 Å². The van der Waals surface area contributed by atoms with E-state index in [1.54, 1.807) is 6.07 Å². The first-order valence-corrected chi connectivity index (χ1v) is 4.82. The van der Waals surface area contributed by atoms with Gasteiger partial charge in [0, 0.05) is 5.57 Å². The van der Waals surface area contributed by atoms with E-state index in [1.807, 2.05) is 6.92 Å². The number of aromatic carboxylic acids is 1. The summed E-state index contributed by atoms with van der Waals surface area (Å²) in [4.78, 5) is 21.8. The number of carboxylic acids is 1. The van der Waals surface area contributed by atoms with E-state index in [-0.39, 0.29) is 11.1 Å². The molecule has 0 aromatic heterocycles. The second kappa shape index (κ2) is 4.61.